The van der Waals surface area contributed by atoms with Crippen molar-refractivity contribution in [1.29, 1.82) is 0 Å². The van der Waals surface area contributed by atoms with Crippen LogP contribution in [-0.4, -0.2) is 96.7 Å². The van der Waals surface area contributed by atoms with Crippen LogP contribution in [0.15, 0.2) is 0 Å². The third-order valence-electron chi connectivity index (χ3n) is 19.8. The van der Waals surface area contributed by atoms with E-state index in [4.69, 9.17) is 37.0 Å². The molecule has 0 rings (SSSR count). The average molecular weight is 1490 g/mol. The molecule has 0 saturated carbocycles. The smallest absolute Gasteiger partial charge is 0.462 e. The first-order valence-corrected chi connectivity index (χ1v) is 46.0. The number of unbranched alkanes of at least 4 members (excludes halogenated alkanes) is 51. The third kappa shape index (κ3) is 74.9. The van der Waals surface area contributed by atoms with Gasteiger partial charge < -0.3 is 33.8 Å². The van der Waals surface area contributed by atoms with E-state index in [0.29, 0.717) is 25.7 Å². The van der Waals surface area contributed by atoms with Crippen LogP contribution < -0.4 is 0 Å². The second-order valence-electron chi connectivity index (χ2n) is 30.6. The fourth-order valence-corrected chi connectivity index (χ4v) is 14.4. The second kappa shape index (κ2) is 74.5. The zero-order valence-corrected chi connectivity index (χ0v) is 68.7. The molecule has 102 heavy (non-hydrogen) atoms. The summed E-state index contributed by atoms with van der Waals surface area (Å²) in [5.74, 6) is -0.473. The molecule has 3 unspecified atom stereocenters. The molecule has 0 amide bonds. The van der Waals surface area contributed by atoms with Crippen molar-refractivity contribution < 1.29 is 80.2 Å². The SMILES string of the molecule is CCCCCCCCCCCCCCCCC(=O)O[C@H](COC(=O)CCCCCCCCCCCCCCC)COP(=O)(O)OC[C@H](O)COP(=O)(O)OC[C@@H](COC(=O)CCCCCCCCCCCCC(C)CC)OC(=O)CCCCCCCCCCCCCCCCCCCCC(C)C. The molecule has 0 saturated heterocycles. The zero-order valence-electron chi connectivity index (χ0n) is 66.9. The topological polar surface area (TPSA) is 237 Å². The molecule has 3 N–H and O–H groups in total. The van der Waals surface area contributed by atoms with Crippen LogP contribution >= 0.6 is 15.6 Å². The number of aliphatic hydroxyl groups excluding tert-OH is 1. The Hall–Kier alpha value is -1.94. The average Bonchev–Trinajstić information content (AvgIpc) is 0.961. The Morgan fingerprint density at radius 3 is 0.745 bits per heavy atom. The summed E-state index contributed by atoms with van der Waals surface area (Å²) in [6.45, 7) is 9.72. The number of ether oxygens (including phenoxy) is 4. The number of carbonyl (C=O) groups is 4. The van der Waals surface area contributed by atoms with Crippen LogP contribution in [-0.2, 0) is 65.4 Å². The highest BCUT2D eigenvalue weighted by Crippen LogP contribution is 2.45. The molecule has 0 aromatic rings. The number of rotatable bonds is 82. The van der Waals surface area contributed by atoms with Gasteiger partial charge in [0.15, 0.2) is 12.2 Å². The lowest BCUT2D eigenvalue weighted by Gasteiger charge is -2.21. The van der Waals surface area contributed by atoms with E-state index in [1.807, 2.05) is 0 Å². The molecule has 6 atom stereocenters. The standard InChI is InChI=1S/C83H162O17P2/c1-7-10-12-14-16-18-20-22-31-35-43-49-55-61-67-82(87)99-78(71-93-80(85)65-59-53-47-41-34-29-21-19-17-15-13-11-8-2)73-97-101(89,90)95-69-77(84)70-96-102(91,92)98-74-79(72-94-81(86)66-60-54-48-42-38-37-40-46-52-58-64-76(6)9-3)100-83(88)68-62-56-50-44-36-32-28-26-24-23-25-27-30-33-39-45-51-57-63-75(4)5/h75-79,84H,7-74H2,1-6H3,(H,89,90)(H,91,92)/t76?,77-,78+,79+/m0/s1. The van der Waals surface area contributed by atoms with Crippen LogP contribution in [0, 0.1) is 11.8 Å². The van der Waals surface area contributed by atoms with Gasteiger partial charge in [-0.3, -0.25) is 37.3 Å². The second-order valence-corrected chi connectivity index (χ2v) is 33.5. The van der Waals surface area contributed by atoms with E-state index in [1.54, 1.807) is 0 Å². The van der Waals surface area contributed by atoms with Crippen molar-refractivity contribution >= 4 is 39.5 Å². The van der Waals surface area contributed by atoms with Gasteiger partial charge in [-0.25, -0.2) is 9.13 Å². The molecule has 0 aliphatic heterocycles. The molecule has 0 heterocycles. The molecule has 0 aliphatic carbocycles. The van der Waals surface area contributed by atoms with E-state index in [1.165, 1.54) is 257 Å². The summed E-state index contributed by atoms with van der Waals surface area (Å²) in [5, 5.41) is 10.7. The molecule has 0 fully saturated rings. The molecular weight excluding hydrogens is 1330 g/mol. The van der Waals surface area contributed by atoms with Crippen molar-refractivity contribution in [2.24, 2.45) is 11.8 Å². The number of hydrogen-bond acceptors (Lipinski definition) is 15. The van der Waals surface area contributed by atoms with Crippen molar-refractivity contribution in [2.45, 2.75) is 458 Å². The van der Waals surface area contributed by atoms with E-state index in [0.717, 1.165) is 102 Å². The first kappa shape index (κ1) is 100. The van der Waals surface area contributed by atoms with Gasteiger partial charge in [-0.05, 0) is 37.5 Å². The van der Waals surface area contributed by atoms with Crippen LogP contribution in [0.25, 0.3) is 0 Å². The minimum Gasteiger partial charge on any atom is -0.462 e. The van der Waals surface area contributed by atoms with Crippen LogP contribution in [0.1, 0.15) is 440 Å². The minimum absolute atomic E-state index is 0.108. The molecule has 17 nitrogen and oxygen atoms in total. The molecule has 0 bridgehead atoms. The van der Waals surface area contributed by atoms with Gasteiger partial charge in [-0.2, -0.15) is 0 Å². The summed E-state index contributed by atoms with van der Waals surface area (Å²) in [6, 6.07) is 0. The predicted molar refractivity (Wildman–Crippen MR) is 418 cm³/mol. The summed E-state index contributed by atoms with van der Waals surface area (Å²) >= 11 is 0. The normalized spacial score (nSPS) is 14.1. The summed E-state index contributed by atoms with van der Waals surface area (Å²) in [4.78, 5) is 73.1. The van der Waals surface area contributed by atoms with E-state index in [2.05, 4.69) is 41.5 Å². The van der Waals surface area contributed by atoms with Crippen molar-refractivity contribution in [3.63, 3.8) is 0 Å². The van der Waals surface area contributed by atoms with Gasteiger partial charge in [-0.15, -0.1) is 0 Å². The summed E-state index contributed by atoms with van der Waals surface area (Å²) < 4.78 is 68.8. The molecule has 0 aliphatic rings. The van der Waals surface area contributed by atoms with E-state index < -0.39 is 97.5 Å². The molecular formula is C83H162O17P2. The highest BCUT2D eigenvalue weighted by molar-refractivity contribution is 7.47. The first-order chi connectivity index (χ1) is 49.4. The lowest BCUT2D eigenvalue weighted by molar-refractivity contribution is -0.161. The van der Waals surface area contributed by atoms with Gasteiger partial charge >= 0.3 is 39.5 Å². The molecule has 0 aromatic heterocycles. The number of esters is 4. The van der Waals surface area contributed by atoms with Gasteiger partial charge in [-0.1, -0.05) is 388 Å². The maximum atomic E-state index is 13.1. The monoisotopic (exact) mass is 1490 g/mol. The van der Waals surface area contributed by atoms with Crippen LogP contribution in [0.5, 0.6) is 0 Å². The first-order valence-electron chi connectivity index (χ1n) is 43.0. The number of carbonyl (C=O) groups excluding carboxylic acids is 4. The third-order valence-corrected chi connectivity index (χ3v) is 21.7. The number of hydrogen-bond donors (Lipinski definition) is 3. The maximum absolute atomic E-state index is 13.1. The number of aliphatic hydroxyl groups is 1. The lowest BCUT2D eigenvalue weighted by atomic mass is 9.99. The van der Waals surface area contributed by atoms with Gasteiger partial charge in [0, 0.05) is 25.7 Å². The van der Waals surface area contributed by atoms with Crippen LogP contribution in [0.3, 0.4) is 0 Å². The number of phosphoric acid groups is 2. The van der Waals surface area contributed by atoms with Crippen LogP contribution in [0.4, 0.5) is 0 Å². The lowest BCUT2D eigenvalue weighted by Crippen LogP contribution is -2.30. The Labute approximate surface area is 626 Å². The van der Waals surface area contributed by atoms with Gasteiger partial charge in [0.25, 0.3) is 0 Å². The Kier molecular flexibility index (Phi) is 73.1. The van der Waals surface area contributed by atoms with E-state index in [-0.39, 0.29) is 25.7 Å². The van der Waals surface area contributed by atoms with Gasteiger partial charge in [0.2, 0.25) is 0 Å². The van der Waals surface area contributed by atoms with Crippen LogP contribution in [0.2, 0.25) is 0 Å². The van der Waals surface area contributed by atoms with E-state index >= 15 is 0 Å². The highest BCUT2D eigenvalue weighted by Gasteiger charge is 2.30. The Bertz CT molecular complexity index is 1960. The van der Waals surface area contributed by atoms with Crippen molar-refractivity contribution in [1.82, 2.24) is 0 Å². The molecule has 606 valence electrons. The molecule has 19 heteroatoms. The summed E-state index contributed by atoms with van der Waals surface area (Å²) in [5.41, 5.74) is 0. The highest BCUT2D eigenvalue weighted by atomic mass is 31.2. The van der Waals surface area contributed by atoms with Gasteiger partial charge in [0.05, 0.1) is 26.4 Å². The number of phosphoric ester groups is 2. The van der Waals surface area contributed by atoms with E-state index in [9.17, 15) is 43.2 Å². The van der Waals surface area contributed by atoms with Crippen molar-refractivity contribution in [3.05, 3.63) is 0 Å². The predicted octanol–water partition coefficient (Wildman–Crippen LogP) is 25.1. The fourth-order valence-electron chi connectivity index (χ4n) is 12.9. The molecule has 0 radical (unpaired) electrons. The zero-order chi connectivity index (χ0) is 74.9. The maximum Gasteiger partial charge on any atom is 0.472 e. The van der Waals surface area contributed by atoms with Gasteiger partial charge in [0.1, 0.15) is 19.3 Å². The largest absolute Gasteiger partial charge is 0.472 e. The van der Waals surface area contributed by atoms with Crippen molar-refractivity contribution in [3.8, 4) is 0 Å². The summed E-state index contributed by atoms with van der Waals surface area (Å²) in [6.07, 6.45) is 65.0. The minimum atomic E-state index is -4.96. The summed E-state index contributed by atoms with van der Waals surface area (Å²) in [7, 11) is -9.92. The van der Waals surface area contributed by atoms with Crippen molar-refractivity contribution in [2.75, 3.05) is 39.6 Å². The Morgan fingerprint density at radius 1 is 0.284 bits per heavy atom. The molecule has 0 spiro atoms. The Morgan fingerprint density at radius 2 is 0.500 bits per heavy atom. The fraction of sp³-hybridized carbons (Fsp3) is 0.952. The Balaban J connectivity index is 5.24. The quantitative estimate of drug-likeness (QED) is 0.0222. The molecule has 0 aromatic carbocycles.